The van der Waals surface area contributed by atoms with E-state index in [1.807, 2.05) is 0 Å². The van der Waals surface area contributed by atoms with Crippen LogP contribution in [-0.2, 0) is 28.6 Å². The third kappa shape index (κ3) is 35.5. The zero-order chi connectivity index (χ0) is 34.6. The Morgan fingerprint density at radius 2 is 0.702 bits per heavy atom. The Morgan fingerprint density at radius 1 is 0.404 bits per heavy atom. The lowest BCUT2D eigenvalue weighted by Crippen LogP contribution is -2.30. The predicted octanol–water partition coefficient (Wildman–Crippen LogP) is 12.4. The van der Waals surface area contributed by atoms with Gasteiger partial charge in [0.05, 0.1) is 0 Å². The van der Waals surface area contributed by atoms with Crippen LogP contribution < -0.4 is 0 Å². The molecule has 0 fully saturated rings. The largest absolute Gasteiger partial charge is 0.462 e. The van der Waals surface area contributed by atoms with Gasteiger partial charge in [-0.2, -0.15) is 0 Å². The maximum absolute atomic E-state index is 12.6. The maximum Gasteiger partial charge on any atom is 0.306 e. The Labute approximate surface area is 291 Å². The van der Waals surface area contributed by atoms with Crippen molar-refractivity contribution in [1.82, 2.24) is 0 Å². The second-order valence-electron chi connectivity index (χ2n) is 14.4. The Balaban J connectivity index is 4.28. The molecule has 1 atom stereocenters. The molecule has 0 amide bonds. The van der Waals surface area contributed by atoms with E-state index in [0.717, 1.165) is 63.7 Å². The molecule has 0 saturated heterocycles. The number of hydrogen-bond donors (Lipinski definition) is 0. The predicted molar refractivity (Wildman–Crippen MR) is 196 cm³/mol. The summed E-state index contributed by atoms with van der Waals surface area (Å²) in [5, 5.41) is 0. The van der Waals surface area contributed by atoms with Crippen molar-refractivity contribution in [1.29, 1.82) is 0 Å². The van der Waals surface area contributed by atoms with Crippen LogP contribution in [0.5, 0.6) is 0 Å². The first-order chi connectivity index (χ1) is 22.9. The molecule has 0 aromatic rings. The fourth-order valence-electron chi connectivity index (χ4n) is 5.92. The van der Waals surface area contributed by atoms with Crippen LogP contribution in [0.4, 0.5) is 0 Å². The molecule has 0 rings (SSSR count). The van der Waals surface area contributed by atoms with Crippen LogP contribution in [0.15, 0.2) is 0 Å². The summed E-state index contributed by atoms with van der Waals surface area (Å²) in [6.07, 6.45) is 32.4. The highest BCUT2D eigenvalue weighted by atomic mass is 16.6. The van der Waals surface area contributed by atoms with Crippen molar-refractivity contribution >= 4 is 17.9 Å². The lowest BCUT2D eigenvalue weighted by Gasteiger charge is -2.18. The summed E-state index contributed by atoms with van der Waals surface area (Å²) in [5.41, 5.74) is 0. The number of carbonyl (C=O) groups excluding carboxylic acids is 3. The molecule has 0 unspecified atom stereocenters. The van der Waals surface area contributed by atoms with E-state index in [4.69, 9.17) is 14.2 Å². The van der Waals surface area contributed by atoms with Crippen molar-refractivity contribution in [2.75, 3.05) is 13.2 Å². The minimum atomic E-state index is -0.756. The van der Waals surface area contributed by atoms with Gasteiger partial charge in [-0.05, 0) is 25.2 Å². The van der Waals surface area contributed by atoms with Crippen LogP contribution in [0.25, 0.3) is 0 Å². The molecular weight excluding hydrogens is 588 g/mol. The van der Waals surface area contributed by atoms with Gasteiger partial charge in [-0.1, -0.05) is 182 Å². The molecule has 0 aromatic carbocycles. The van der Waals surface area contributed by atoms with Crippen molar-refractivity contribution in [3.8, 4) is 0 Å². The van der Waals surface area contributed by atoms with E-state index in [1.165, 1.54) is 116 Å². The molecule has 0 aliphatic rings. The second-order valence-corrected chi connectivity index (χ2v) is 14.4. The average Bonchev–Trinajstić information content (AvgIpc) is 3.05. The molecule has 6 nitrogen and oxygen atoms in total. The first kappa shape index (κ1) is 45.4. The third-order valence-corrected chi connectivity index (χ3v) is 9.04. The van der Waals surface area contributed by atoms with E-state index in [2.05, 4.69) is 27.7 Å². The highest BCUT2D eigenvalue weighted by Gasteiger charge is 2.19. The summed E-state index contributed by atoms with van der Waals surface area (Å²) in [6.45, 7) is 8.90. The first-order valence-corrected chi connectivity index (χ1v) is 20.4. The van der Waals surface area contributed by atoms with Gasteiger partial charge >= 0.3 is 17.9 Å². The van der Waals surface area contributed by atoms with Crippen molar-refractivity contribution in [2.24, 2.45) is 5.92 Å². The monoisotopic (exact) mass is 667 g/mol. The molecule has 47 heavy (non-hydrogen) atoms. The number of hydrogen-bond acceptors (Lipinski definition) is 6. The molecule has 6 heteroatoms. The Kier molecular flexibility index (Phi) is 34.5. The summed E-state index contributed by atoms with van der Waals surface area (Å²) in [7, 11) is 0. The standard InChI is InChI=1S/C41H78O6/c1-5-7-9-11-13-16-22-26-30-34-41(44)47-38(35-45-39(42)32-28-24-19-12-10-8-6-2)36-46-40(43)33-29-25-21-18-15-14-17-20-23-27-31-37(3)4/h37-38H,5-36H2,1-4H3/t38-/m1/s1. The van der Waals surface area contributed by atoms with Crippen molar-refractivity contribution in [2.45, 2.75) is 226 Å². The fraction of sp³-hybridized carbons (Fsp3) is 0.927. The van der Waals surface area contributed by atoms with Crippen molar-refractivity contribution < 1.29 is 28.6 Å². The van der Waals surface area contributed by atoms with Gasteiger partial charge in [0, 0.05) is 19.3 Å². The first-order valence-electron chi connectivity index (χ1n) is 20.4. The lowest BCUT2D eigenvalue weighted by molar-refractivity contribution is -0.167. The SMILES string of the molecule is CCCCCCCCCCCC(=O)O[C@H](COC(=O)CCCCCCCCC)COC(=O)CCCCCCCCCCCCC(C)C. The van der Waals surface area contributed by atoms with E-state index < -0.39 is 6.10 Å². The van der Waals surface area contributed by atoms with Gasteiger partial charge in [-0.3, -0.25) is 14.4 Å². The fourth-order valence-corrected chi connectivity index (χ4v) is 5.92. The molecule has 0 heterocycles. The topological polar surface area (TPSA) is 78.9 Å². The normalized spacial score (nSPS) is 11.9. The summed E-state index contributed by atoms with van der Waals surface area (Å²) in [4.78, 5) is 37.3. The highest BCUT2D eigenvalue weighted by Crippen LogP contribution is 2.15. The van der Waals surface area contributed by atoms with E-state index >= 15 is 0 Å². The molecule has 0 aliphatic heterocycles. The smallest absolute Gasteiger partial charge is 0.306 e. The molecule has 0 radical (unpaired) electrons. The van der Waals surface area contributed by atoms with Crippen LogP contribution >= 0.6 is 0 Å². The quantitative estimate of drug-likeness (QED) is 0.0376. The molecule has 0 aliphatic carbocycles. The average molecular weight is 667 g/mol. The van der Waals surface area contributed by atoms with Crippen molar-refractivity contribution in [3.05, 3.63) is 0 Å². The van der Waals surface area contributed by atoms with Crippen LogP contribution in [0.1, 0.15) is 220 Å². The van der Waals surface area contributed by atoms with Gasteiger partial charge in [0.1, 0.15) is 13.2 Å². The second kappa shape index (κ2) is 35.7. The molecule has 0 saturated carbocycles. The Hall–Kier alpha value is -1.59. The summed E-state index contributed by atoms with van der Waals surface area (Å²) in [6, 6.07) is 0. The van der Waals surface area contributed by atoms with Gasteiger partial charge in [0.15, 0.2) is 6.10 Å². The maximum atomic E-state index is 12.6. The van der Waals surface area contributed by atoms with Gasteiger partial charge in [-0.15, -0.1) is 0 Å². The molecule has 0 N–H and O–H groups in total. The minimum absolute atomic E-state index is 0.0653. The van der Waals surface area contributed by atoms with E-state index in [1.54, 1.807) is 0 Å². The molecule has 0 bridgehead atoms. The Morgan fingerprint density at radius 3 is 1.04 bits per heavy atom. The minimum Gasteiger partial charge on any atom is -0.462 e. The molecular formula is C41H78O6. The van der Waals surface area contributed by atoms with Crippen LogP contribution in [-0.4, -0.2) is 37.2 Å². The number of unbranched alkanes of at least 4 members (excludes halogenated alkanes) is 23. The Bertz CT molecular complexity index is 706. The van der Waals surface area contributed by atoms with Gasteiger partial charge in [0.2, 0.25) is 0 Å². The summed E-state index contributed by atoms with van der Waals surface area (Å²) < 4.78 is 16.6. The highest BCUT2D eigenvalue weighted by molar-refractivity contribution is 5.71. The molecule has 0 spiro atoms. The van der Waals surface area contributed by atoms with Gasteiger partial charge < -0.3 is 14.2 Å². The number of esters is 3. The summed E-state index contributed by atoms with van der Waals surface area (Å²) in [5.74, 6) is -0.0519. The van der Waals surface area contributed by atoms with Crippen LogP contribution in [0.2, 0.25) is 0 Å². The zero-order valence-corrected chi connectivity index (χ0v) is 31.7. The van der Waals surface area contributed by atoms with E-state index in [9.17, 15) is 14.4 Å². The van der Waals surface area contributed by atoms with Crippen LogP contribution in [0.3, 0.4) is 0 Å². The van der Waals surface area contributed by atoms with Gasteiger partial charge in [0.25, 0.3) is 0 Å². The number of carbonyl (C=O) groups is 3. The van der Waals surface area contributed by atoms with Gasteiger partial charge in [-0.25, -0.2) is 0 Å². The molecule has 278 valence electrons. The zero-order valence-electron chi connectivity index (χ0n) is 31.7. The lowest BCUT2D eigenvalue weighted by atomic mass is 10.0. The van der Waals surface area contributed by atoms with E-state index in [0.29, 0.717) is 19.3 Å². The number of rotatable bonds is 36. The number of ether oxygens (including phenoxy) is 3. The van der Waals surface area contributed by atoms with Crippen LogP contribution in [0, 0.1) is 5.92 Å². The third-order valence-electron chi connectivity index (χ3n) is 9.04. The van der Waals surface area contributed by atoms with Crippen molar-refractivity contribution in [3.63, 3.8) is 0 Å². The molecule has 0 aromatic heterocycles. The van der Waals surface area contributed by atoms with E-state index in [-0.39, 0.29) is 31.1 Å². The summed E-state index contributed by atoms with van der Waals surface area (Å²) >= 11 is 0.